The number of carbonyl (C=O) groups is 2. The van der Waals surface area contributed by atoms with E-state index in [2.05, 4.69) is 26.6 Å². The number of rotatable bonds is 6. The molecule has 140 valence electrons. The topological polar surface area (TPSA) is 96.9 Å². The van der Waals surface area contributed by atoms with E-state index in [0.717, 1.165) is 4.47 Å². The zero-order chi connectivity index (χ0) is 19.2. The van der Waals surface area contributed by atoms with Crippen LogP contribution in [-0.4, -0.2) is 36.9 Å². The molecule has 8 heteroatoms. The van der Waals surface area contributed by atoms with Gasteiger partial charge in [-0.25, -0.2) is 0 Å². The van der Waals surface area contributed by atoms with Crippen LogP contribution in [0.25, 0.3) is 6.08 Å². The molecule has 2 aromatic carbocycles. The Bertz CT molecular complexity index is 880. The van der Waals surface area contributed by atoms with Gasteiger partial charge in [-0.1, -0.05) is 22.0 Å². The maximum absolute atomic E-state index is 12.5. The first-order valence-electron chi connectivity index (χ1n) is 8.14. The Morgan fingerprint density at radius 2 is 1.85 bits per heavy atom. The monoisotopic (exact) mass is 432 g/mol. The fourth-order valence-electron chi connectivity index (χ4n) is 2.39. The predicted octanol–water partition coefficient (Wildman–Crippen LogP) is 2.06. The van der Waals surface area contributed by atoms with E-state index in [1.807, 2.05) is 0 Å². The molecule has 0 saturated carbocycles. The van der Waals surface area contributed by atoms with E-state index in [9.17, 15) is 9.59 Å². The Morgan fingerprint density at radius 1 is 1.11 bits per heavy atom. The van der Waals surface area contributed by atoms with E-state index in [-0.39, 0.29) is 25.6 Å². The van der Waals surface area contributed by atoms with Crippen LogP contribution in [0.5, 0.6) is 11.5 Å². The second-order valence-electron chi connectivity index (χ2n) is 5.61. The van der Waals surface area contributed by atoms with Gasteiger partial charge >= 0.3 is 0 Å². The van der Waals surface area contributed by atoms with Crippen molar-refractivity contribution in [2.45, 2.75) is 0 Å². The summed E-state index contributed by atoms with van der Waals surface area (Å²) < 4.78 is 11.4. The molecule has 0 saturated heterocycles. The minimum Gasteiger partial charge on any atom is -0.454 e. The lowest BCUT2D eigenvalue weighted by molar-refractivity contribution is -0.117. The zero-order valence-corrected chi connectivity index (χ0v) is 15.8. The highest BCUT2D eigenvalue weighted by Crippen LogP contribution is 2.33. The first kappa shape index (κ1) is 18.9. The first-order valence-corrected chi connectivity index (χ1v) is 8.93. The zero-order valence-electron chi connectivity index (χ0n) is 14.2. The van der Waals surface area contributed by atoms with Crippen LogP contribution in [0.4, 0.5) is 0 Å². The Morgan fingerprint density at radius 3 is 2.59 bits per heavy atom. The lowest BCUT2D eigenvalue weighted by atomic mass is 10.1. The van der Waals surface area contributed by atoms with Crippen LogP contribution in [0.15, 0.2) is 52.6 Å². The SMILES string of the molecule is O=C(NCCO)C(=Cc1ccc2c(c1)OCO2)NC(=O)c1ccc(Br)cc1. The molecule has 0 aromatic heterocycles. The number of aliphatic hydroxyl groups is 1. The molecule has 2 aromatic rings. The van der Waals surface area contributed by atoms with Crippen LogP contribution in [-0.2, 0) is 4.79 Å². The maximum atomic E-state index is 12.5. The van der Waals surface area contributed by atoms with Gasteiger partial charge in [-0.05, 0) is 48.0 Å². The Hall–Kier alpha value is -2.84. The number of ether oxygens (including phenoxy) is 2. The van der Waals surface area contributed by atoms with Gasteiger partial charge in [0.2, 0.25) is 6.79 Å². The quantitative estimate of drug-likeness (QED) is 0.607. The Kier molecular flexibility index (Phi) is 6.10. The third kappa shape index (κ3) is 4.87. The van der Waals surface area contributed by atoms with Crippen LogP contribution in [0.3, 0.4) is 0 Å². The van der Waals surface area contributed by atoms with Crippen molar-refractivity contribution >= 4 is 33.8 Å². The van der Waals surface area contributed by atoms with Gasteiger partial charge in [0.1, 0.15) is 5.70 Å². The van der Waals surface area contributed by atoms with Gasteiger partial charge in [-0.15, -0.1) is 0 Å². The third-order valence-electron chi connectivity index (χ3n) is 3.70. The molecule has 1 heterocycles. The fraction of sp³-hybridized carbons (Fsp3) is 0.158. The summed E-state index contributed by atoms with van der Waals surface area (Å²) in [5.74, 6) is 0.260. The number of benzene rings is 2. The number of hydrogen-bond acceptors (Lipinski definition) is 5. The molecule has 2 amide bonds. The lowest BCUT2D eigenvalue weighted by Gasteiger charge is -2.11. The van der Waals surface area contributed by atoms with Crippen molar-refractivity contribution < 1.29 is 24.2 Å². The van der Waals surface area contributed by atoms with Gasteiger partial charge in [-0.3, -0.25) is 9.59 Å². The smallest absolute Gasteiger partial charge is 0.267 e. The second kappa shape index (κ2) is 8.70. The predicted molar refractivity (Wildman–Crippen MR) is 102 cm³/mol. The van der Waals surface area contributed by atoms with Crippen LogP contribution in [0.2, 0.25) is 0 Å². The van der Waals surface area contributed by atoms with Crippen molar-refractivity contribution in [3.63, 3.8) is 0 Å². The lowest BCUT2D eigenvalue weighted by Crippen LogP contribution is -2.36. The van der Waals surface area contributed by atoms with Crippen LogP contribution in [0.1, 0.15) is 15.9 Å². The first-order chi connectivity index (χ1) is 13.1. The highest BCUT2D eigenvalue weighted by Gasteiger charge is 2.16. The number of carbonyl (C=O) groups excluding carboxylic acids is 2. The molecule has 0 atom stereocenters. The summed E-state index contributed by atoms with van der Waals surface area (Å²) in [4.78, 5) is 24.9. The molecule has 0 aliphatic carbocycles. The molecule has 3 N–H and O–H groups in total. The fourth-order valence-corrected chi connectivity index (χ4v) is 2.65. The van der Waals surface area contributed by atoms with Crippen molar-refractivity contribution in [2.24, 2.45) is 0 Å². The number of nitrogens with one attached hydrogen (secondary N) is 2. The van der Waals surface area contributed by atoms with Crippen LogP contribution in [0, 0.1) is 0 Å². The van der Waals surface area contributed by atoms with E-state index in [4.69, 9.17) is 14.6 Å². The van der Waals surface area contributed by atoms with Gasteiger partial charge < -0.3 is 25.2 Å². The standard InChI is InChI=1S/C19H17BrN2O5/c20-14-4-2-13(3-5-14)18(24)22-15(19(25)21-7-8-23)9-12-1-6-16-17(10-12)27-11-26-16/h1-6,9-10,23H,7-8,11H2,(H,21,25)(H,22,24). The van der Waals surface area contributed by atoms with Crippen molar-refractivity contribution in [3.05, 3.63) is 63.8 Å². The average molecular weight is 433 g/mol. The van der Waals surface area contributed by atoms with E-state index >= 15 is 0 Å². The van der Waals surface area contributed by atoms with Crippen molar-refractivity contribution in [2.75, 3.05) is 19.9 Å². The normalized spacial score (nSPS) is 12.6. The molecule has 1 aliphatic heterocycles. The van der Waals surface area contributed by atoms with Crippen molar-refractivity contribution in [1.29, 1.82) is 0 Å². The summed E-state index contributed by atoms with van der Waals surface area (Å²) in [6, 6.07) is 12.0. The Balaban J connectivity index is 1.85. The summed E-state index contributed by atoms with van der Waals surface area (Å²) in [5, 5.41) is 14.1. The van der Waals surface area contributed by atoms with Gasteiger partial charge in [0.25, 0.3) is 11.8 Å². The number of fused-ring (bicyclic) bond motifs is 1. The van der Waals surface area contributed by atoms with Crippen LogP contribution < -0.4 is 20.1 Å². The molecular weight excluding hydrogens is 416 g/mol. The maximum Gasteiger partial charge on any atom is 0.267 e. The largest absolute Gasteiger partial charge is 0.454 e. The molecule has 0 bridgehead atoms. The third-order valence-corrected chi connectivity index (χ3v) is 4.23. The van der Waals surface area contributed by atoms with Crippen molar-refractivity contribution in [1.82, 2.24) is 10.6 Å². The summed E-state index contributed by atoms with van der Waals surface area (Å²) in [7, 11) is 0. The summed E-state index contributed by atoms with van der Waals surface area (Å²) in [6.07, 6.45) is 1.53. The minimum absolute atomic E-state index is 0.0511. The number of amides is 2. The van der Waals surface area contributed by atoms with Crippen molar-refractivity contribution in [3.8, 4) is 11.5 Å². The second-order valence-corrected chi connectivity index (χ2v) is 6.53. The molecule has 0 radical (unpaired) electrons. The van der Waals surface area contributed by atoms with Crippen LogP contribution >= 0.6 is 15.9 Å². The number of halogens is 1. The number of aliphatic hydroxyl groups excluding tert-OH is 1. The van der Waals surface area contributed by atoms with Gasteiger partial charge in [-0.2, -0.15) is 0 Å². The summed E-state index contributed by atoms with van der Waals surface area (Å²) >= 11 is 3.31. The molecule has 0 spiro atoms. The van der Waals surface area contributed by atoms with E-state index in [1.54, 1.807) is 42.5 Å². The van der Waals surface area contributed by atoms with E-state index < -0.39 is 11.8 Å². The molecule has 3 rings (SSSR count). The average Bonchev–Trinajstić information content (AvgIpc) is 3.13. The van der Waals surface area contributed by atoms with E-state index in [1.165, 1.54) is 6.08 Å². The highest BCUT2D eigenvalue weighted by atomic mass is 79.9. The molecule has 7 nitrogen and oxygen atoms in total. The number of hydrogen-bond donors (Lipinski definition) is 3. The summed E-state index contributed by atoms with van der Waals surface area (Å²) in [5.41, 5.74) is 1.12. The summed E-state index contributed by atoms with van der Waals surface area (Å²) in [6.45, 7) is 0.0157. The Labute approximate surface area is 164 Å². The van der Waals surface area contributed by atoms with Gasteiger partial charge in [0.15, 0.2) is 11.5 Å². The minimum atomic E-state index is -0.507. The molecular formula is C19H17BrN2O5. The van der Waals surface area contributed by atoms with Gasteiger partial charge in [0, 0.05) is 16.6 Å². The molecule has 0 unspecified atom stereocenters. The van der Waals surface area contributed by atoms with Gasteiger partial charge in [0.05, 0.1) is 6.61 Å². The highest BCUT2D eigenvalue weighted by molar-refractivity contribution is 9.10. The molecule has 1 aliphatic rings. The molecule has 0 fully saturated rings. The molecule has 27 heavy (non-hydrogen) atoms. The van der Waals surface area contributed by atoms with E-state index in [0.29, 0.717) is 22.6 Å².